The Kier molecular flexibility index (Phi) is 14.2. The highest BCUT2D eigenvalue weighted by atomic mass is 32.2. The van der Waals surface area contributed by atoms with Gasteiger partial charge in [-0.3, -0.25) is 0 Å². The SMILES string of the molecule is C=CC.CC(Nc1cccc(C(F)(F)F)c1)c1nonc1NCCCNS(C)=O.CO. The molecule has 1 aromatic carbocycles. The lowest BCUT2D eigenvalue weighted by Gasteiger charge is -2.15. The summed E-state index contributed by atoms with van der Waals surface area (Å²) in [5.74, 6) is 0.412. The third-order valence-electron chi connectivity index (χ3n) is 3.45. The monoisotopic (exact) mass is 465 g/mol. The number of aromatic nitrogens is 2. The predicted octanol–water partition coefficient (Wildman–Crippen LogP) is 3.75. The Morgan fingerprint density at radius 3 is 2.52 bits per heavy atom. The van der Waals surface area contributed by atoms with Crippen LogP contribution in [-0.2, 0) is 17.2 Å². The molecule has 1 aromatic heterocycles. The molecule has 31 heavy (non-hydrogen) atoms. The van der Waals surface area contributed by atoms with Gasteiger partial charge in [0.05, 0.1) is 22.6 Å². The number of hydrogen-bond donors (Lipinski definition) is 4. The molecule has 4 N–H and O–H groups in total. The summed E-state index contributed by atoms with van der Waals surface area (Å²) in [7, 11) is -0.0629. The van der Waals surface area contributed by atoms with Gasteiger partial charge in [0.15, 0.2) is 11.5 Å². The first-order valence-corrected chi connectivity index (χ1v) is 10.8. The number of anilines is 2. The van der Waals surface area contributed by atoms with Crippen molar-refractivity contribution < 1.29 is 27.1 Å². The number of nitrogens with zero attached hydrogens (tertiary/aromatic N) is 2. The average molecular weight is 466 g/mol. The second kappa shape index (κ2) is 15.4. The van der Waals surface area contributed by atoms with Gasteiger partial charge < -0.3 is 15.7 Å². The van der Waals surface area contributed by atoms with Crippen molar-refractivity contribution >= 4 is 22.5 Å². The van der Waals surface area contributed by atoms with Crippen molar-refractivity contribution in [1.82, 2.24) is 15.0 Å². The average Bonchev–Trinajstić information content (AvgIpc) is 3.18. The second-order valence-electron chi connectivity index (χ2n) is 5.98. The fourth-order valence-corrected chi connectivity index (χ4v) is 2.65. The van der Waals surface area contributed by atoms with Crippen LogP contribution in [0.15, 0.2) is 41.5 Å². The van der Waals surface area contributed by atoms with Crippen molar-refractivity contribution in [2.45, 2.75) is 32.5 Å². The molecule has 0 aliphatic heterocycles. The minimum absolute atomic E-state index is 0.316. The van der Waals surface area contributed by atoms with Gasteiger partial charge in [0.1, 0.15) is 0 Å². The second-order valence-corrected chi connectivity index (χ2v) is 7.18. The summed E-state index contributed by atoms with van der Waals surface area (Å²) in [5, 5.41) is 20.6. The van der Waals surface area contributed by atoms with Gasteiger partial charge in [-0.2, -0.15) is 13.2 Å². The van der Waals surface area contributed by atoms with Gasteiger partial charge in [0.2, 0.25) is 0 Å². The molecule has 2 rings (SSSR count). The number of hydrogen-bond acceptors (Lipinski definition) is 7. The number of alkyl halides is 3. The van der Waals surface area contributed by atoms with Crippen LogP contribution in [0.3, 0.4) is 0 Å². The number of benzene rings is 1. The molecular formula is C19H30F3N5O3S. The van der Waals surface area contributed by atoms with E-state index >= 15 is 0 Å². The van der Waals surface area contributed by atoms with Crippen molar-refractivity contribution in [3.63, 3.8) is 0 Å². The van der Waals surface area contributed by atoms with Crippen molar-refractivity contribution in [3.8, 4) is 0 Å². The first-order chi connectivity index (χ1) is 14.7. The number of aliphatic hydroxyl groups is 1. The van der Waals surface area contributed by atoms with Crippen LogP contribution in [0, 0.1) is 0 Å². The largest absolute Gasteiger partial charge is 0.416 e. The maximum absolute atomic E-state index is 12.8. The molecule has 0 radical (unpaired) electrons. The molecule has 0 aliphatic rings. The van der Waals surface area contributed by atoms with Crippen LogP contribution in [0.25, 0.3) is 0 Å². The van der Waals surface area contributed by atoms with Crippen LogP contribution >= 0.6 is 0 Å². The Bertz CT molecular complexity index is 787. The highest BCUT2D eigenvalue weighted by Crippen LogP contribution is 2.31. The molecule has 0 saturated carbocycles. The Labute approximate surface area is 182 Å². The van der Waals surface area contributed by atoms with Gasteiger partial charge >= 0.3 is 6.18 Å². The van der Waals surface area contributed by atoms with Gasteiger partial charge in [-0.05, 0) is 43.6 Å². The maximum atomic E-state index is 12.8. The van der Waals surface area contributed by atoms with Gasteiger partial charge in [-0.15, -0.1) is 6.58 Å². The Balaban J connectivity index is 0.00000165. The summed E-state index contributed by atoms with van der Waals surface area (Å²) >= 11 is 0. The van der Waals surface area contributed by atoms with E-state index in [-0.39, 0.29) is 0 Å². The van der Waals surface area contributed by atoms with E-state index in [1.807, 2.05) is 6.92 Å². The van der Waals surface area contributed by atoms with Crippen molar-refractivity contribution in [2.75, 3.05) is 37.1 Å². The summed E-state index contributed by atoms with van der Waals surface area (Å²) in [6.45, 7) is 8.10. The Morgan fingerprint density at radius 2 is 1.94 bits per heavy atom. The van der Waals surface area contributed by atoms with Crippen LogP contribution < -0.4 is 15.4 Å². The third kappa shape index (κ3) is 11.5. The number of aliphatic hydroxyl groups excluding tert-OH is 1. The number of allylic oxidation sites excluding steroid dienone is 1. The fraction of sp³-hybridized carbons (Fsp3) is 0.474. The molecule has 2 unspecified atom stereocenters. The summed E-state index contributed by atoms with van der Waals surface area (Å²) < 4.78 is 56.8. The zero-order chi connectivity index (χ0) is 23.9. The van der Waals surface area contributed by atoms with E-state index in [9.17, 15) is 17.4 Å². The Morgan fingerprint density at radius 1 is 1.29 bits per heavy atom. The van der Waals surface area contributed by atoms with Crippen LogP contribution in [0.1, 0.15) is 37.6 Å². The molecule has 0 spiro atoms. The third-order valence-corrected chi connectivity index (χ3v) is 4.06. The number of halogens is 3. The first kappa shape index (κ1) is 28.6. The molecule has 0 aliphatic carbocycles. The van der Waals surface area contributed by atoms with Crippen LogP contribution in [0.2, 0.25) is 0 Å². The number of nitrogens with one attached hydrogen (secondary N) is 3. The van der Waals surface area contributed by atoms with Crippen molar-refractivity contribution in [3.05, 3.63) is 48.2 Å². The molecular weight excluding hydrogens is 435 g/mol. The quantitative estimate of drug-likeness (QED) is 0.330. The molecule has 8 nitrogen and oxygen atoms in total. The highest BCUT2D eigenvalue weighted by molar-refractivity contribution is 7.82. The molecule has 176 valence electrons. The van der Waals surface area contributed by atoms with E-state index in [0.29, 0.717) is 36.7 Å². The van der Waals surface area contributed by atoms with Gasteiger partial charge in [0.25, 0.3) is 0 Å². The molecule has 0 saturated heterocycles. The van der Waals surface area contributed by atoms with Crippen LogP contribution in [0.5, 0.6) is 0 Å². The summed E-state index contributed by atoms with van der Waals surface area (Å²) in [6.07, 6.45) is -0.408. The van der Waals surface area contributed by atoms with E-state index in [2.05, 4.69) is 32.2 Å². The van der Waals surface area contributed by atoms with E-state index in [4.69, 9.17) is 9.74 Å². The summed E-state index contributed by atoms with van der Waals surface area (Å²) in [6, 6.07) is 4.51. The highest BCUT2D eigenvalue weighted by Gasteiger charge is 2.30. The van der Waals surface area contributed by atoms with E-state index in [1.54, 1.807) is 25.3 Å². The van der Waals surface area contributed by atoms with E-state index in [0.717, 1.165) is 19.2 Å². The standard InChI is InChI=1S/C15H20F3N5O2S.C3H6.CH4O/c1-10(21-12-6-3-5-11(9-12)15(16,17)18)13-14(23-25-22-13)19-7-4-8-20-26(2)24;1-3-2;1-2/h3,5-6,9-10,20-21H,4,7-8H2,1-2H3,(H,19,23);3H,1H2,2H3;2H,1H3. The minimum Gasteiger partial charge on any atom is -0.400 e. The molecule has 0 amide bonds. The van der Waals surface area contributed by atoms with Crippen molar-refractivity contribution in [1.29, 1.82) is 0 Å². The smallest absolute Gasteiger partial charge is 0.400 e. The van der Waals surface area contributed by atoms with Gasteiger partial charge in [0, 0.05) is 32.1 Å². The molecule has 0 fully saturated rings. The van der Waals surface area contributed by atoms with Crippen LogP contribution in [0.4, 0.5) is 24.7 Å². The van der Waals surface area contributed by atoms with E-state index < -0.39 is 28.8 Å². The van der Waals surface area contributed by atoms with E-state index in [1.165, 1.54) is 6.07 Å². The summed E-state index contributed by atoms with van der Waals surface area (Å²) in [4.78, 5) is 0. The molecule has 0 bridgehead atoms. The predicted molar refractivity (Wildman–Crippen MR) is 117 cm³/mol. The minimum atomic E-state index is -4.40. The molecule has 2 aromatic rings. The summed E-state index contributed by atoms with van der Waals surface area (Å²) in [5.41, 5.74) is 0.0393. The lowest BCUT2D eigenvalue weighted by atomic mass is 10.1. The molecule has 12 heteroatoms. The zero-order valence-corrected chi connectivity index (χ0v) is 18.8. The number of rotatable bonds is 9. The molecule has 1 heterocycles. The lowest BCUT2D eigenvalue weighted by molar-refractivity contribution is -0.137. The van der Waals surface area contributed by atoms with Gasteiger partial charge in [-0.25, -0.2) is 13.6 Å². The fourth-order valence-electron chi connectivity index (χ4n) is 2.22. The topological polar surface area (TPSA) is 112 Å². The molecule has 2 atom stereocenters. The normalized spacial score (nSPS) is 12.4. The van der Waals surface area contributed by atoms with Gasteiger partial charge in [-0.1, -0.05) is 17.3 Å². The lowest BCUT2D eigenvalue weighted by Crippen LogP contribution is -2.20. The van der Waals surface area contributed by atoms with Crippen LogP contribution in [-0.4, -0.2) is 46.1 Å². The maximum Gasteiger partial charge on any atom is 0.416 e. The first-order valence-electron chi connectivity index (χ1n) is 9.27. The zero-order valence-electron chi connectivity index (χ0n) is 18.0. The van der Waals surface area contributed by atoms with Crippen molar-refractivity contribution in [2.24, 2.45) is 0 Å². The Hall–Kier alpha value is -2.44.